The van der Waals surface area contributed by atoms with Crippen LogP contribution in [0.3, 0.4) is 0 Å². The predicted molar refractivity (Wildman–Crippen MR) is 74.4 cm³/mol. The number of ether oxygens (including phenoxy) is 1. The minimum atomic E-state index is 0.0641. The fourth-order valence-electron chi connectivity index (χ4n) is 2.30. The first-order chi connectivity index (χ1) is 9.15. The maximum atomic E-state index is 12.4. The molecule has 1 unspecified atom stereocenters. The summed E-state index contributed by atoms with van der Waals surface area (Å²) >= 11 is 0. The number of amides is 1. The lowest BCUT2D eigenvalue weighted by atomic mass is 10.1. The third-order valence-corrected chi connectivity index (χ3v) is 3.67. The van der Waals surface area contributed by atoms with Crippen LogP contribution in [0.2, 0.25) is 0 Å². The number of likely N-dealkylation sites (N-methyl/N-ethyl adjacent to an activating group) is 1. The minimum Gasteiger partial charge on any atom is -0.497 e. The summed E-state index contributed by atoms with van der Waals surface area (Å²) in [6.45, 7) is 2.88. The Hall–Kier alpha value is -1.59. The van der Waals surface area contributed by atoms with Crippen molar-refractivity contribution < 1.29 is 9.53 Å². The zero-order valence-corrected chi connectivity index (χ0v) is 11.5. The molecule has 0 radical (unpaired) electrons. The fourth-order valence-corrected chi connectivity index (χ4v) is 2.30. The highest BCUT2D eigenvalue weighted by Crippen LogP contribution is 2.15. The quantitative estimate of drug-likeness (QED) is 0.858. The molecule has 0 bridgehead atoms. The maximum absolute atomic E-state index is 12.4. The maximum Gasteiger partial charge on any atom is 0.253 e. The Labute approximate surface area is 113 Å². The first kappa shape index (κ1) is 13.8. The molecule has 0 saturated carbocycles. The molecular formula is C14H21N3O2. The number of benzene rings is 1. The molecular weight excluding hydrogens is 242 g/mol. The zero-order valence-electron chi connectivity index (χ0n) is 11.5. The molecule has 0 aliphatic carbocycles. The molecule has 1 aromatic rings. The van der Waals surface area contributed by atoms with Gasteiger partial charge in [-0.1, -0.05) is 0 Å². The van der Waals surface area contributed by atoms with E-state index in [2.05, 4.69) is 4.90 Å². The van der Waals surface area contributed by atoms with Crippen molar-refractivity contribution in [1.29, 1.82) is 0 Å². The highest BCUT2D eigenvalue weighted by atomic mass is 16.5. The van der Waals surface area contributed by atoms with Gasteiger partial charge in [-0.15, -0.1) is 0 Å². The summed E-state index contributed by atoms with van der Waals surface area (Å²) in [6, 6.07) is 7.47. The molecule has 104 valence electrons. The van der Waals surface area contributed by atoms with Gasteiger partial charge in [0.05, 0.1) is 7.11 Å². The monoisotopic (exact) mass is 263 g/mol. The Morgan fingerprint density at radius 3 is 2.63 bits per heavy atom. The fraction of sp³-hybridized carbons (Fsp3) is 0.500. The summed E-state index contributed by atoms with van der Waals surface area (Å²) in [5.74, 6) is 0.823. The van der Waals surface area contributed by atoms with Gasteiger partial charge in [-0.05, 0) is 31.3 Å². The Balaban J connectivity index is 2.06. The van der Waals surface area contributed by atoms with Crippen molar-refractivity contribution in [3.05, 3.63) is 29.8 Å². The molecule has 2 rings (SSSR count). The number of rotatable bonds is 3. The van der Waals surface area contributed by atoms with Gasteiger partial charge in [-0.3, -0.25) is 9.69 Å². The van der Waals surface area contributed by atoms with Gasteiger partial charge in [0, 0.05) is 37.8 Å². The smallest absolute Gasteiger partial charge is 0.253 e. The summed E-state index contributed by atoms with van der Waals surface area (Å²) < 4.78 is 5.09. The van der Waals surface area contributed by atoms with E-state index in [1.807, 2.05) is 24.1 Å². The first-order valence-corrected chi connectivity index (χ1v) is 6.49. The standard InChI is InChI=1S/C14H21N3O2/c1-16-7-8-17(10-12(16)9-15)14(18)11-3-5-13(19-2)6-4-11/h3-6,12H,7-10,15H2,1-2H3. The number of hydrogen-bond donors (Lipinski definition) is 1. The topological polar surface area (TPSA) is 58.8 Å². The van der Waals surface area contributed by atoms with Crippen molar-refractivity contribution >= 4 is 5.91 Å². The SMILES string of the molecule is COc1ccc(C(=O)N2CCN(C)C(CN)C2)cc1. The number of nitrogens with two attached hydrogens (primary N) is 1. The lowest BCUT2D eigenvalue weighted by molar-refractivity contribution is 0.0560. The number of methoxy groups -OCH3 is 1. The Morgan fingerprint density at radius 1 is 1.37 bits per heavy atom. The van der Waals surface area contributed by atoms with Gasteiger partial charge in [0.15, 0.2) is 0 Å². The first-order valence-electron chi connectivity index (χ1n) is 6.49. The highest BCUT2D eigenvalue weighted by molar-refractivity contribution is 5.94. The minimum absolute atomic E-state index is 0.0641. The molecule has 1 heterocycles. The molecule has 5 heteroatoms. The van der Waals surface area contributed by atoms with E-state index in [0.717, 1.165) is 18.8 Å². The summed E-state index contributed by atoms with van der Waals surface area (Å²) in [5, 5.41) is 0. The van der Waals surface area contributed by atoms with Crippen molar-refractivity contribution in [3.63, 3.8) is 0 Å². The van der Waals surface area contributed by atoms with Crippen LogP contribution in [-0.2, 0) is 0 Å². The van der Waals surface area contributed by atoms with E-state index >= 15 is 0 Å². The summed E-state index contributed by atoms with van der Waals surface area (Å²) in [7, 11) is 3.66. The molecule has 19 heavy (non-hydrogen) atoms. The Bertz CT molecular complexity index is 433. The third-order valence-electron chi connectivity index (χ3n) is 3.67. The average molecular weight is 263 g/mol. The van der Waals surface area contributed by atoms with Crippen LogP contribution in [0.1, 0.15) is 10.4 Å². The number of hydrogen-bond acceptors (Lipinski definition) is 4. The molecule has 1 atom stereocenters. The van der Waals surface area contributed by atoms with Crippen LogP contribution in [0.5, 0.6) is 5.75 Å². The van der Waals surface area contributed by atoms with Gasteiger partial charge in [0.2, 0.25) is 0 Å². The van der Waals surface area contributed by atoms with Crippen LogP contribution in [-0.4, -0.2) is 62.1 Å². The number of nitrogens with zero attached hydrogens (tertiary/aromatic N) is 2. The second-order valence-corrected chi connectivity index (χ2v) is 4.85. The van der Waals surface area contributed by atoms with Crippen LogP contribution < -0.4 is 10.5 Å². The van der Waals surface area contributed by atoms with Crippen LogP contribution in [0.15, 0.2) is 24.3 Å². The van der Waals surface area contributed by atoms with E-state index in [4.69, 9.17) is 10.5 Å². The normalized spacial score (nSPS) is 20.4. The molecule has 1 saturated heterocycles. The van der Waals surface area contributed by atoms with Crippen LogP contribution in [0, 0.1) is 0 Å². The van der Waals surface area contributed by atoms with E-state index < -0.39 is 0 Å². The molecule has 1 aliphatic heterocycles. The van der Waals surface area contributed by atoms with E-state index in [1.54, 1.807) is 19.2 Å². The number of piperazine rings is 1. The van der Waals surface area contributed by atoms with Crippen LogP contribution in [0.25, 0.3) is 0 Å². The predicted octanol–water partition coefficient (Wildman–Crippen LogP) is 0.410. The zero-order chi connectivity index (χ0) is 13.8. The van der Waals surface area contributed by atoms with Crippen molar-refractivity contribution in [3.8, 4) is 5.75 Å². The molecule has 0 spiro atoms. The Kier molecular flexibility index (Phi) is 4.39. The second-order valence-electron chi connectivity index (χ2n) is 4.85. The molecule has 1 aromatic carbocycles. The van der Waals surface area contributed by atoms with Gasteiger partial charge in [-0.25, -0.2) is 0 Å². The lowest BCUT2D eigenvalue weighted by Crippen LogP contribution is -2.55. The third kappa shape index (κ3) is 3.05. The molecule has 5 nitrogen and oxygen atoms in total. The van der Waals surface area contributed by atoms with E-state index in [9.17, 15) is 4.79 Å². The van der Waals surface area contributed by atoms with Crippen molar-refractivity contribution in [2.45, 2.75) is 6.04 Å². The Morgan fingerprint density at radius 2 is 2.05 bits per heavy atom. The number of carbonyl (C=O) groups is 1. The van der Waals surface area contributed by atoms with Crippen molar-refractivity contribution in [2.75, 3.05) is 40.3 Å². The van der Waals surface area contributed by atoms with Crippen LogP contribution >= 0.6 is 0 Å². The van der Waals surface area contributed by atoms with Gasteiger partial charge in [0.1, 0.15) is 5.75 Å². The van der Waals surface area contributed by atoms with Gasteiger partial charge >= 0.3 is 0 Å². The van der Waals surface area contributed by atoms with Gasteiger partial charge in [-0.2, -0.15) is 0 Å². The number of carbonyl (C=O) groups excluding carboxylic acids is 1. The van der Waals surface area contributed by atoms with Crippen molar-refractivity contribution in [2.24, 2.45) is 5.73 Å². The van der Waals surface area contributed by atoms with Crippen LogP contribution in [0.4, 0.5) is 0 Å². The average Bonchev–Trinajstić information content (AvgIpc) is 2.47. The van der Waals surface area contributed by atoms with E-state index in [1.165, 1.54) is 0 Å². The largest absolute Gasteiger partial charge is 0.497 e. The molecule has 1 aliphatic rings. The van der Waals surface area contributed by atoms with E-state index in [-0.39, 0.29) is 11.9 Å². The summed E-state index contributed by atoms with van der Waals surface area (Å²) in [4.78, 5) is 16.5. The molecule has 2 N–H and O–H groups in total. The second kappa shape index (κ2) is 6.04. The summed E-state index contributed by atoms with van der Waals surface area (Å²) in [5.41, 5.74) is 6.43. The molecule has 0 aromatic heterocycles. The van der Waals surface area contributed by atoms with Gasteiger partial charge < -0.3 is 15.4 Å². The molecule has 1 fully saturated rings. The van der Waals surface area contributed by atoms with Gasteiger partial charge in [0.25, 0.3) is 5.91 Å². The highest BCUT2D eigenvalue weighted by Gasteiger charge is 2.26. The summed E-state index contributed by atoms with van der Waals surface area (Å²) in [6.07, 6.45) is 0. The van der Waals surface area contributed by atoms with Crippen molar-refractivity contribution in [1.82, 2.24) is 9.80 Å². The lowest BCUT2D eigenvalue weighted by Gasteiger charge is -2.38. The molecule has 1 amide bonds. The van der Waals surface area contributed by atoms with E-state index in [0.29, 0.717) is 18.7 Å².